The van der Waals surface area contributed by atoms with Gasteiger partial charge in [-0.25, -0.2) is 4.98 Å². The maximum Gasteiger partial charge on any atom is 0.296 e. The minimum Gasteiger partial charge on any atom is -0.464 e. The van der Waals surface area contributed by atoms with Crippen molar-refractivity contribution < 1.29 is 4.74 Å². The first-order valence-electron chi connectivity index (χ1n) is 5.56. The van der Waals surface area contributed by atoms with E-state index in [9.17, 15) is 0 Å². The lowest BCUT2D eigenvalue weighted by Crippen LogP contribution is -2.15. The van der Waals surface area contributed by atoms with Crippen LogP contribution < -0.4 is 10.1 Å². The van der Waals surface area contributed by atoms with Crippen molar-refractivity contribution in [1.82, 2.24) is 20.3 Å². The molecule has 0 radical (unpaired) electrons. The molecule has 1 atom stereocenters. The van der Waals surface area contributed by atoms with Crippen LogP contribution in [0.5, 0.6) is 6.01 Å². The smallest absolute Gasteiger partial charge is 0.296 e. The van der Waals surface area contributed by atoms with Crippen LogP contribution in [-0.2, 0) is 0 Å². The molecule has 0 unspecified atom stereocenters. The number of aromatic nitrogens is 3. The number of nitrogens with zero attached hydrogens (tertiary/aromatic N) is 2. The molecule has 5 heteroatoms. The zero-order valence-corrected chi connectivity index (χ0v) is 8.94. The molecule has 1 saturated heterocycles. The summed E-state index contributed by atoms with van der Waals surface area (Å²) in [7, 11) is 0. The second kappa shape index (κ2) is 4.09. The molecule has 0 saturated carbocycles. The topological polar surface area (TPSA) is 62.8 Å². The van der Waals surface area contributed by atoms with Gasteiger partial charge in [0.1, 0.15) is 0 Å². The molecule has 0 spiro atoms. The molecule has 0 bridgehead atoms. The summed E-state index contributed by atoms with van der Waals surface area (Å²) in [6.07, 6.45) is 2.91. The predicted octanol–water partition coefficient (Wildman–Crippen LogP) is 0.946. The third-order valence-corrected chi connectivity index (χ3v) is 2.85. The highest BCUT2D eigenvalue weighted by Gasteiger charge is 2.15. The second-order valence-electron chi connectivity index (χ2n) is 4.09. The van der Waals surface area contributed by atoms with Crippen molar-refractivity contribution in [2.24, 2.45) is 5.92 Å². The molecular weight excluding hydrogens is 204 g/mol. The monoisotopic (exact) mass is 218 g/mol. The third kappa shape index (κ3) is 1.86. The van der Waals surface area contributed by atoms with E-state index in [1.54, 1.807) is 6.20 Å². The fourth-order valence-corrected chi connectivity index (χ4v) is 1.94. The summed E-state index contributed by atoms with van der Waals surface area (Å²) in [6, 6.07) is 4.39. The number of fused-ring (bicyclic) bond motifs is 1. The van der Waals surface area contributed by atoms with Crippen LogP contribution in [0.15, 0.2) is 18.3 Å². The molecule has 16 heavy (non-hydrogen) atoms. The molecule has 1 fully saturated rings. The Balaban J connectivity index is 1.69. The summed E-state index contributed by atoms with van der Waals surface area (Å²) < 4.78 is 5.63. The summed E-state index contributed by atoms with van der Waals surface area (Å²) >= 11 is 0. The lowest BCUT2D eigenvalue weighted by Gasteiger charge is -2.07. The molecule has 2 aromatic rings. The van der Waals surface area contributed by atoms with Gasteiger partial charge in [-0.05, 0) is 25.1 Å². The Bertz CT molecular complexity index is 443. The normalized spacial score (nSPS) is 20.4. The van der Waals surface area contributed by atoms with Gasteiger partial charge in [0.2, 0.25) is 0 Å². The fourth-order valence-electron chi connectivity index (χ4n) is 1.94. The standard InChI is InChI=1S/C11H14N4O/c1-2-9-10(13-4-1)15-11(14-9)16-7-8-3-5-12-6-8/h1-2,4,8,12H,3,5-7H2,(H,13,14,15)/t8-/m0/s1. The lowest BCUT2D eigenvalue weighted by molar-refractivity contribution is 0.244. The molecule has 0 aliphatic carbocycles. The minimum absolute atomic E-state index is 0.570. The summed E-state index contributed by atoms with van der Waals surface area (Å²) in [6.45, 7) is 2.85. The van der Waals surface area contributed by atoms with Gasteiger partial charge in [0, 0.05) is 18.7 Å². The van der Waals surface area contributed by atoms with Crippen LogP contribution >= 0.6 is 0 Å². The molecule has 0 aromatic carbocycles. The first-order valence-corrected chi connectivity index (χ1v) is 5.56. The number of hydrogen-bond acceptors (Lipinski definition) is 4. The van der Waals surface area contributed by atoms with Crippen molar-refractivity contribution in [3.8, 4) is 6.01 Å². The van der Waals surface area contributed by atoms with Crippen LogP contribution in [0.3, 0.4) is 0 Å². The van der Waals surface area contributed by atoms with E-state index in [1.165, 1.54) is 6.42 Å². The van der Waals surface area contributed by atoms with Gasteiger partial charge in [-0.15, -0.1) is 0 Å². The predicted molar refractivity (Wildman–Crippen MR) is 60.4 cm³/mol. The summed E-state index contributed by atoms with van der Waals surface area (Å²) in [4.78, 5) is 11.5. The average molecular weight is 218 g/mol. The Hall–Kier alpha value is -1.62. The highest BCUT2D eigenvalue weighted by Crippen LogP contribution is 2.14. The molecule has 2 N–H and O–H groups in total. The second-order valence-corrected chi connectivity index (χ2v) is 4.09. The van der Waals surface area contributed by atoms with Crippen molar-refractivity contribution in [3.05, 3.63) is 18.3 Å². The molecule has 3 heterocycles. The van der Waals surface area contributed by atoms with Gasteiger partial charge >= 0.3 is 0 Å². The zero-order valence-electron chi connectivity index (χ0n) is 8.94. The molecule has 2 aromatic heterocycles. The van der Waals surface area contributed by atoms with E-state index in [0.29, 0.717) is 24.2 Å². The number of rotatable bonds is 3. The molecule has 3 rings (SSSR count). The summed E-state index contributed by atoms with van der Waals surface area (Å²) in [5.74, 6) is 0.598. The fraction of sp³-hybridized carbons (Fsp3) is 0.455. The van der Waals surface area contributed by atoms with Gasteiger partial charge < -0.3 is 15.0 Å². The van der Waals surface area contributed by atoms with Crippen LogP contribution in [0, 0.1) is 5.92 Å². The van der Waals surface area contributed by atoms with E-state index in [0.717, 1.165) is 18.6 Å². The summed E-state index contributed by atoms with van der Waals surface area (Å²) in [5, 5.41) is 3.31. The SMILES string of the molecule is c1cnc2nc(OC[C@H]3CCNC3)[nH]c2c1. The van der Waals surface area contributed by atoms with E-state index in [4.69, 9.17) is 4.74 Å². The van der Waals surface area contributed by atoms with E-state index >= 15 is 0 Å². The third-order valence-electron chi connectivity index (χ3n) is 2.85. The Morgan fingerprint density at radius 2 is 2.50 bits per heavy atom. The van der Waals surface area contributed by atoms with Crippen molar-refractivity contribution in [3.63, 3.8) is 0 Å². The highest BCUT2D eigenvalue weighted by molar-refractivity contribution is 5.70. The lowest BCUT2D eigenvalue weighted by atomic mass is 10.1. The highest BCUT2D eigenvalue weighted by atomic mass is 16.5. The minimum atomic E-state index is 0.570. The Labute approximate surface area is 93.2 Å². The summed E-state index contributed by atoms with van der Waals surface area (Å²) in [5.41, 5.74) is 1.63. The van der Waals surface area contributed by atoms with Gasteiger partial charge in [-0.1, -0.05) is 0 Å². The van der Waals surface area contributed by atoms with Crippen LogP contribution in [-0.4, -0.2) is 34.6 Å². The number of hydrogen-bond donors (Lipinski definition) is 2. The van der Waals surface area contributed by atoms with E-state index in [1.807, 2.05) is 12.1 Å². The molecule has 1 aliphatic heterocycles. The quantitative estimate of drug-likeness (QED) is 0.805. The number of pyridine rings is 1. The van der Waals surface area contributed by atoms with Crippen LogP contribution in [0.1, 0.15) is 6.42 Å². The Morgan fingerprint density at radius 3 is 3.31 bits per heavy atom. The maximum absolute atomic E-state index is 5.63. The van der Waals surface area contributed by atoms with Crippen molar-refractivity contribution in [2.45, 2.75) is 6.42 Å². The van der Waals surface area contributed by atoms with Crippen LogP contribution in [0.4, 0.5) is 0 Å². The van der Waals surface area contributed by atoms with Gasteiger partial charge in [0.15, 0.2) is 5.65 Å². The molecule has 5 nitrogen and oxygen atoms in total. The van der Waals surface area contributed by atoms with E-state index in [2.05, 4.69) is 20.3 Å². The number of aromatic amines is 1. The first kappa shape index (κ1) is 9.59. The van der Waals surface area contributed by atoms with Crippen LogP contribution in [0.2, 0.25) is 0 Å². The number of imidazole rings is 1. The van der Waals surface area contributed by atoms with Crippen molar-refractivity contribution in [2.75, 3.05) is 19.7 Å². The Kier molecular flexibility index (Phi) is 2.46. The largest absolute Gasteiger partial charge is 0.464 e. The number of nitrogens with one attached hydrogen (secondary N) is 2. The van der Waals surface area contributed by atoms with Gasteiger partial charge in [0.25, 0.3) is 6.01 Å². The van der Waals surface area contributed by atoms with Crippen molar-refractivity contribution in [1.29, 1.82) is 0 Å². The van der Waals surface area contributed by atoms with Gasteiger partial charge in [-0.2, -0.15) is 4.98 Å². The number of H-pyrrole nitrogens is 1. The van der Waals surface area contributed by atoms with Crippen molar-refractivity contribution >= 4 is 11.2 Å². The molecular formula is C11H14N4O. The van der Waals surface area contributed by atoms with Crippen LogP contribution in [0.25, 0.3) is 11.2 Å². The number of ether oxygens (including phenoxy) is 1. The van der Waals surface area contributed by atoms with E-state index in [-0.39, 0.29) is 0 Å². The maximum atomic E-state index is 5.63. The molecule has 84 valence electrons. The van der Waals surface area contributed by atoms with Gasteiger partial charge in [-0.3, -0.25) is 0 Å². The van der Waals surface area contributed by atoms with Gasteiger partial charge in [0.05, 0.1) is 12.1 Å². The Morgan fingerprint density at radius 1 is 1.50 bits per heavy atom. The first-order chi connectivity index (χ1) is 7.92. The zero-order chi connectivity index (χ0) is 10.8. The molecule has 1 aliphatic rings. The molecule has 0 amide bonds. The van der Waals surface area contributed by atoms with E-state index < -0.39 is 0 Å². The average Bonchev–Trinajstić information content (AvgIpc) is 2.95.